The minimum atomic E-state index is -3.05. The first-order valence-electron chi connectivity index (χ1n) is 5.72. The van der Waals surface area contributed by atoms with Gasteiger partial charge in [-0.25, -0.2) is 8.42 Å². The molecule has 1 aromatic carbocycles. The maximum atomic E-state index is 12.1. The topological polar surface area (TPSA) is 34.1 Å². The highest BCUT2D eigenvalue weighted by Gasteiger charge is 2.35. The van der Waals surface area contributed by atoms with E-state index in [9.17, 15) is 8.42 Å². The summed E-state index contributed by atoms with van der Waals surface area (Å²) in [6, 6.07) is 5.12. The maximum absolute atomic E-state index is 12.1. The van der Waals surface area contributed by atoms with Crippen LogP contribution in [-0.2, 0) is 9.84 Å². The molecule has 1 aromatic rings. The zero-order valence-corrected chi connectivity index (χ0v) is 13.5. The van der Waals surface area contributed by atoms with Crippen molar-refractivity contribution in [3.8, 4) is 0 Å². The molecule has 6 heteroatoms. The highest BCUT2D eigenvalue weighted by atomic mass is 79.9. The summed E-state index contributed by atoms with van der Waals surface area (Å²) in [7, 11) is -3.05. The molecule has 0 radical (unpaired) electrons. The fraction of sp³-hybridized carbons (Fsp3) is 0.500. The lowest BCUT2D eigenvalue weighted by molar-refractivity contribution is 0.537. The van der Waals surface area contributed by atoms with Gasteiger partial charge in [0.1, 0.15) is 0 Å². The molecule has 0 bridgehead atoms. The monoisotopic (exact) mass is 370 g/mol. The summed E-state index contributed by atoms with van der Waals surface area (Å²) in [6.45, 7) is 0. The Labute approximate surface area is 126 Å². The zero-order valence-electron chi connectivity index (χ0n) is 9.57. The number of halogens is 3. The first kappa shape index (κ1) is 14.6. The Bertz CT molecular complexity index is 545. The zero-order chi connectivity index (χ0) is 13.3. The second-order valence-electron chi connectivity index (χ2n) is 4.47. The summed E-state index contributed by atoms with van der Waals surface area (Å²) in [5.41, 5.74) is 0.750. The fourth-order valence-electron chi connectivity index (χ4n) is 2.23. The molecule has 1 aliphatic rings. The van der Waals surface area contributed by atoms with Crippen molar-refractivity contribution in [3.05, 3.63) is 33.8 Å². The Morgan fingerprint density at radius 1 is 1.28 bits per heavy atom. The normalized spacial score (nSPS) is 24.7. The molecule has 2 rings (SSSR count). The molecule has 100 valence electrons. The van der Waals surface area contributed by atoms with E-state index >= 15 is 0 Å². The van der Waals surface area contributed by atoms with Crippen LogP contribution in [0, 0.1) is 0 Å². The first-order valence-corrected chi connectivity index (χ1v) is 9.11. The summed E-state index contributed by atoms with van der Waals surface area (Å²) in [5, 5.41) is 0.691. The molecule has 0 aromatic heterocycles. The first-order chi connectivity index (χ1) is 8.42. The minimum absolute atomic E-state index is 0.262. The van der Waals surface area contributed by atoms with E-state index in [-0.39, 0.29) is 10.6 Å². The molecule has 0 N–H and O–H groups in total. The summed E-state index contributed by atoms with van der Waals surface area (Å²) < 4.78 is 24.2. The van der Waals surface area contributed by atoms with Crippen molar-refractivity contribution in [2.24, 2.45) is 0 Å². The van der Waals surface area contributed by atoms with Gasteiger partial charge in [0.25, 0.3) is 0 Å². The van der Waals surface area contributed by atoms with Gasteiger partial charge in [0.05, 0.1) is 15.8 Å². The highest BCUT2D eigenvalue weighted by Crippen LogP contribution is 2.40. The van der Waals surface area contributed by atoms with E-state index in [0.29, 0.717) is 16.5 Å². The van der Waals surface area contributed by atoms with Crippen molar-refractivity contribution in [1.29, 1.82) is 0 Å². The van der Waals surface area contributed by atoms with Crippen LogP contribution in [0.5, 0.6) is 0 Å². The maximum Gasteiger partial charge on any atom is 0.154 e. The van der Waals surface area contributed by atoms with Crippen LogP contribution in [0.25, 0.3) is 0 Å². The van der Waals surface area contributed by atoms with Gasteiger partial charge in [-0.1, -0.05) is 45.6 Å². The minimum Gasteiger partial charge on any atom is -0.228 e. The predicted molar refractivity (Wildman–Crippen MR) is 79.6 cm³/mol. The van der Waals surface area contributed by atoms with Gasteiger partial charge in [-0.2, -0.15) is 0 Å². The number of hydrogen-bond acceptors (Lipinski definition) is 2. The Kier molecular flexibility index (Phi) is 4.63. The second kappa shape index (κ2) is 5.70. The van der Waals surface area contributed by atoms with Crippen molar-refractivity contribution in [1.82, 2.24) is 0 Å². The largest absolute Gasteiger partial charge is 0.228 e. The lowest BCUT2D eigenvalue weighted by Crippen LogP contribution is -2.31. The lowest BCUT2D eigenvalue weighted by Gasteiger charge is -2.27. The van der Waals surface area contributed by atoms with E-state index in [2.05, 4.69) is 15.9 Å². The van der Waals surface area contributed by atoms with Gasteiger partial charge in [-0.3, -0.25) is 0 Å². The Morgan fingerprint density at radius 2 is 2.00 bits per heavy atom. The third-order valence-corrected chi connectivity index (χ3v) is 7.56. The number of rotatable bonds is 2. The molecular formula is C12H13BrCl2O2S. The van der Waals surface area contributed by atoms with E-state index in [1.165, 1.54) is 0 Å². The van der Waals surface area contributed by atoms with E-state index in [1.54, 1.807) is 18.2 Å². The van der Waals surface area contributed by atoms with Gasteiger partial charge in [0.15, 0.2) is 9.84 Å². The van der Waals surface area contributed by atoms with Crippen LogP contribution in [0.15, 0.2) is 18.2 Å². The second-order valence-corrected chi connectivity index (χ2v) is 8.64. The van der Waals surface area contributed by atoms with Crippen LogP contribution in [0.1, 0.15) is 29.7 Å². The number of hydrogen-bond donors (Lipinski definition) is 0. The van der Waals surface area contributed by atoms with Crippen molar-refractivity contribution < 1.29 is 8.42 Å². The highest BCUT2D eigenvalue weighted by molar-refractivity contribution is 9.09. The molecule has 0 spiro atoms. The molecule has 2 unspecified atom stereocenters. The SMILES string of the molecule is O=S1(=O)CCCCC1C(Br)c1cc(Cl)ccc1Cl. The summed E-state index contributed by atoms with van der Waals surface area (Å²) in [5.74, 6) is 0.262. The van der Waals surface area contributed by atoms with Gasteiger partial charge in [0, 0.05) is 10.0 Å². The molecule has 1 heterocycles. The molecule has 0 saturated carbocycles. The molecule has 0 amide bonds. The van der Waals surface area contributed by atoms with Crippen molar-refractivity contribution in [2.75, 3.05) is 5.75 Å². The number of sulfone groups is 1. The molecule has 18 heavy (non-hydrogen) atoms. The van der Waals surface area contributed by atoms with Gasteiger partial charge in [0.2, 0.25) is 0 Å². The predicted octanol–water partition coefficient (Wildman–Crippen LogP) is 4.40. The van der Waals surface area contributed by atoms with Crippen LogP contribution < -0.4 is 0 Å². The Hall–Kier alpha value is 0.230. The van der Waals surface area contributed by atoms with Crippen molar-refractivity contribution in [2.45, 2.75) is 29.3 Å². The van der Waals surface area contributed by atoms with E-state index in [1.807, 2.05) is 0 Å². The van der Waals surface area contributed by atoms with Crippen molar-refractivity contribution >= 4 is 49.0 Å². The van der Waals surface area contributed by atoms with E-state index in [4.69, 9.17) is 23.2 Å². The van der Waals surface area contributed by atoms with Gasteiger partial charge in [-0.15, -0.1) is 0 Å². The van der Waals surface area contributed by atoms with E-state index in [0.717, 1.165) is 18.4 Å². The summed E-state index contributed by atoms with van der Waals surface area (Å²) >= 11 is 15.5. The molecular weight excluding hydrogens is 359 g/mol. The lowest BCUT2D eigenvalue weighted by atomic mass is 10.1. The quantitative estimate of drug-likeness (QED) is 0.722. The molecule has 1 saturated heterocycles. The number of alkyl halides is 1. The van der Waals surface area contributed by atoms with Crippen LogP contribution in [-0.4, -0.2) is 19.4 Å². The van der Waals surface area contributed by atoms with Crippen LogP contribution >= 0.6 is 39.1 Å². The Morgan fingerprint density at radius 3 is 2.67 bits per heavy atom. The van der Waals surface area contributed by atoms with E-state index < -0.39 is 15.1 Å². The van der Waals surface area contributed by atoms with Crippen LogP contribution in [0.4, 0.5) is 0 Å². The van der Waals surface area contributed by atoms with Gasteiger partial charge >= 0.3 is 0 Å². The standard InChI is InChI=1S/C12H13BrCl2O2S/c13-12(9-7-8(14)4-5-10(9)15)11-3-1-2-6-18(11,16)17/h4-5,7,11-12H,1-3,6H2. The molecule has 1 fully saturated rings. The fourth-order valence-corrected chi connectivity index (χ4v) is 6.36. The molecule has 2 atom stereocenters. The van der Waals surface area contributed by atoms with Gasteiger partial charge < -0.3 is 0 Å². The Balaban J connectivity index is 2.35. The van der Waals surface area contributed by atoms with Gasteiger partial charge in [-0.05, 0) is 36.6 Å². The average Bonchev–Trinajstić information content (AvgIpc) is 2.31. The molecule has 1 aliphatic heterocycles. The molecule has 2 nitrogen and oxygen atoms in total. The summed E-state index contributed by atoms with van der Waals surface area (Å²) in [4.78, 5) is -0.297. The smallest absolute Gasteiger partial charge is 0.154 e. The molecule has 0 aliphatic carbocycles. The average molecular weight is 372 g/mol. The van der Waals surface area contributed by atoms with Crippen LogP contribution in [0.3, 0.4) is 0 Å². The number of benzene rings is 1. The van der Waals surface area contributed by atoms with Crippen molar-refractivity contribution in [3.63, 3.8) is 0 Å². The third kappa shape index (κ3) is 3.03. The third-order valence-electron chi connectivity index (χ3n) is 3.21. The van der Waals surface area contributed by atoms with Crippen LogP contribution in [0.2, 0.25) is 10.0 Å². The summed E-state index contributed by atoms with van der Waals surface area (Å²) in [6.07, 6.45) is 2.35.